The maximum atomic E-state index is 9.33. The van der Waals surface area contributed by atoms with Gasteiger partial charge in [0.1, 0.15) is 12.2 Å². The smallest absolute Gasteiger partial charge is 0.161 e. The summed E-state index contributed by atoms with van der Waals surface area (Å²) >= 11 is 0. The lowest BCUT2D eigenvalue weighted by molar-refractivity contribution is -0.245. The Morgan fingerprint density at radius 3 is 2.33 bits per heavy atom. The summed E-state index contributed by atoms with van der Waals surface area (Å²) in [4.78, 5) is 0. The summed E-state index contributed by atoms with van der Waals surface area (Å²) in [6, 6.07) is 0. The maximum Gasteiger partial charge on any atom is 0.161 e. The normalized spacial score (nSPS) is 48.4. The second-order valence-corrected chi connectivity index (χ2v) is 2.95. The van der Waals surface area contributed by atoms with E-state index in [2.05, 4.69) is 5.92 Å². The number of aliphatic hydroxyl groups excluding tert-OH is 3. The third kappa shape index (κ3) is 1.45. The summed E-state index contributed by atoms with van der Waals surface area (Å²) < 4.78 is 4.84. The van der Waals surface area contributed by atoms with E-state index >= 15 is 0 Å². The number of terminal acetylenes is 1. The molecule has 0 aliphatic carbocycles. The molecule has 1 heterocycles. The Labute approximate surface area is 70.8 Å². The van der Waals surface area contributed by atoms with E-state index in [1.54, 1.807) is 6.92 Å². The van der Waals surface area contributed by atoms with Crippen molar-refractivity contribution < 1.29 is 20.1 Å². The zero-order valence-corrected chi connectivity index (χ0v) is 6.71. The molecule has 5 atom stereocenters. The van der Waals surface area contributed by atoms with Crippen LogP contribution in [-0.4, -0.2) is 39.9 Å². The molecule has 1 rings (SSSR count). The Bertz CT molecular complexity index is 198. The first-order valence-corrected chi connectivity index (χ1v) is 3.73. The lowest BCUT2D eigenvalue weighted by Crippen LogP contribution is -2.52. The molecule has 12 heavy (non-hydrogen) atoms. The minimum atomic E-state index is -1.12. The van der Waals surface area contributed by atoms with Crippen LogP contribution in [0.3, 0.4) is 0 Å². The van der Waals surface area contributed by atoms with Gasteiger partial charge in [-0.3, -0.25) is 0 Å². The van der Waals surface area contributed by atoms with E-state index in [1.807, 2.05) is 0 Å². The van der Waals surface area contributed by atoms with E-state index in [9.17, 15) is 15.3 Å². The van der Waals surface area contributed by atoms with Gasteiger partial charge in [-0.05, 0) is 0 Å². The van der Waals surface area contributed by atoms with E-state index < -0.39 is 30.5 Å². The topological polar surface area (TPSA) is 69.9 Å². The Morgan fingerprint density at radius 2 is 1.83 bits per heavy atom. The van der Waals surface area contributed by atoms with Gasteiger partial charge in [0.2, 0.25) is 0 Å². The van der Waals surface area contributed by atoms with Gasteiger partial charge < -0.3 is 20.1 Å². The van der Waals surface area contributed by atoms with Crippen molar-refractivity contribution >= 4 is 0 Å². The average molecular weight is 172 g/mol. The monoisotopic (exact) mass is 172 g/mol. The van der Waals surface area contributed by atoms with Crippen LogP contribution in [0.4, 0.5) is 0 Å². The molecular weight excluding hydrogens is 160 g/mol. The number of hydrogen-bond acceptors (Lipinski definition) is 4. The fraction of sp³-hybridized carbons (Fsp3) is 0.750. The van der Waals surface area contributed by atoms with Crippen LogP contribution in [-0.2, 0) is 4.74 Å². The summed E-state index contributed by atoms with van der Waals surface area (Å²) in [5.74, 6) is 1.62. The van der Waals surface area contributed by atoms with Crippen LogP contribution in [0, 0.1) is 18.3 Å². The highest BCUT2D eigenvalue weighted by molar-refractivity contribution is 5.03. The van der Waals surface area contributed by atoms with Crippen LogP contribution < -0.4 is 0 Å². The molecular formula is C8H12O4. The van der Waals surface area contributed by atoms with Crippen molar-refractivity contribution in [3.05, 3.63) is 0 Å². The molecule has 4 heteroatoms. The van der Waals surface area contributed by atoms with Crippen LogP contribution in [0.15, 0.2) is 0 Å². The minimum Gasteiger partial charge on any atom is -0.390 e. The Morgan fingerprint density at radius 1 is 1.25 bits per heavy atom. The fourth-order valence-corrected chi connectivity index (χ4v) is 1.15. The largest absolute Gasteiger partial charge is 0.390 e. The molecule has 1 aliphatic rings. The highest BCUT2D eigenvalue weighted by Crippen LogP contribution is 2.23. The van der Waals surface area contributed by atoms with E-state index in [-0.39, 0.29) is 0 Å². The summed E-state index contributed by atoms with van der Waals surface area (Å²) in [6.07, 6.45) is 0.825. The standard InChI is InChI=1S/C8H12O4/c1-3-5-7(10)6(9)4(2)8(11)12-5/h1,4-11H,2H3/t4?,5?,6-,7+,8?/m0/s1. The van der Waals surface area contributed by atoms with Crippen molar-refractivity contribution in [1.29, 1.82) is 0 Å². The third-order valence-corrected chi connectivity index (χ3v) is 2.10. The van der Waals surface area contributed by atoms with Gasteiger partial charge in [-0.15, -0.1) is 6.42 Å². The van der Waals surface area contributed by atoms with Crippen molar-refractivity contribution in [1.82, 2.24) is 0 Å². The molecule has 0 aromatic carbocycles. The highest BCUT2D eigenvalue weighted by atomic mass is 16.6. The van der Waals surface area contributed by atoms with Crippen LogP contribution in [0.5, 0.6) is 0 Å². The molecule has 0 aromatic heterocycles. The molecule has 68 valence electrons. The molecule has 1 aliphatic heterocycles. The van der Waals surface area contributed by atoms with E-state index in [0.29, 0.717) is 0 Å². The van der Waals surface area contributed by atoms with Crippen molar-refractivity contribution in [3.63, 3.8) is 0 Å². The van der Waals surface area contributed by atoms with Gasteiger partial charge in [0, 0.05) is 5.92 Å². The number of hydrogen-bond donors (Lipinski definition) is 3. The van der Waals surface area contributed by atoms with Crippen molar-refractivity contribution in [2.75, 3.05) is 0 Å². The van der Waals surface area contributed by atoms with Crippen LogP contribution >= 0.6 is 0 Å². The van der Waals surface area contributed by atoms with Gasteiger partial charge in [0.05, 0.1) is 6.10 Å². The fourth-order valence-electron chi connectivity index (χ4n) is 1.15. The van der Waals surface area contributed by atoms with Crippen LogP contribution in [0.25, 0.3) is 0 Å². The molecule has 3 N–H and O–H groups in total. The first-order valence-electron chi connectivity index (χ1n) is 3.73. The van der Waals surface area contributed by atoms with Gasteiger partial charge in [-0.2, -0.15) is 0 Å². The van der Waals surface area contributed by atoms with Crippen molar-refractivity contribution in [2.24, 2.45) is 5.92 Å². The first-order chi connectivity index (χ1) is 5.57. The maximum absolute atomic E-state index is 9.33. The summed E-state index contributed by atoms with van der Waals surface area (Å²) in [5.41, 5.74) is 0. The predicted octanol–water partition coefficient (Wildman–Crippen LogP) is -1.31. The zero-order valence-electron chi connectivity index (χ0n) is 6.71. The van der Waals surface area contributed by atoms with E-state index in [1.165, 1.54) is 0 Å². The van der Waals surface area contributed by atoms with Crippen LogP contribution in [0.1, 0.15) is 6.92 Å². The molecule has 0 amide bonds. The van der Waals surface area contributed by atoms with E-state index in [0.717, 1.165) is 0 Å². The Balaban J connectivity index is 2.72. The molecule has 0 bridgehead atoms. The summed E-state index contributed by atoms with van der Waals surface area (Å²) in [5, 5.41) is 27.8. The van der Waals surface area contributed by atoms with Crippen LogP contribution in [0.2, 0.25) is 0 Å². The minimum absolute atomic E-state index is 0.524. The summed E-state index contributed by atoms with van der Waals surface area (Å²) in [6.45, 7) is 1.57. The first kappa shape index (κ1) is 9.49. The van der Waals surface area contributed by atoms with Gasteiger partial charge in [0.15, 0.2) is 6.29 Å². The molecule has 0 aromatic rings. The average Bonchev–Trinajstić information content (AvgIpc) is 2.08. The van der Waals surface area contributed by atoms with Gasteiger partial charge in [0.25, 0.3) is 0 Å². The summed E-state index contributed by atoms with van der Waals surface area (Å²) in [7, 11) is 0. The highest BCUT2D eigenvalue weighted by Gasteiger charge is 2.40. The lowest BCUT2D eigenvalue weighted by atomic mass is 9.93. The molecule has 4 nitrogen and oxygen atoms in total. The van der Waals surface area contributed by atoms with Crippen molar-refractivity contribution in [2.45, 2.75) is 31.5 Å². The Kier molecular flexibility index (Phi) is 2.70. The zero-order chi connectivity index (χ0) is 9.30. The number of ether oxygens (including phenoxy) is 1. The van der Waals surface area contributed by atoms with Gasteiger partial charge in [-0.25, -0.2) is 0 Å². The van der Waals surface area contributed by atoms with Crippen molar-refractivity contribution in [3.8, 4) is 12.3 Å². The second-order valence-electron chi connectivity index (χ2n) is 2.95. The molecule has 1 saturated heterocycles. The van der Waals surface area contributed by atoms with E-state index in [4.69, 9.17) is 11.2 Å². The quantitative estimate of drug-likeness (QED) is 0.397. The Hall–Kier alpha value is -0.600. The molecule has 0 spiro atoms. The number of aliphatic hydroxyl groups is 3. The van der Waals surface area contributed by atoms with Gasteiger partial charge in [-0.1, -0.05) is 12.8 Å². The predicted molar refractivity (Wildman–Crippen MR) is 40.9 cm³/mol. The third-order valence-electron chi connectivity index (χ3n) is 2.10. The second kappa shape index (κ2) is 3.42. The number of rotatable bonds is 0. The lowest BCUT2D eigenvalue weighted by Gasteiger charge is -2.36. The molecule has 0 saturated carbocycles. The van der Waals surface area contributed by atoms with Gasteiger partial charge >= 0.3 is 0 Å². The molecule has 1 fully saturated rings. The SMILES string of the molecule is C#CC1OC(O)C(C)[C@H](O)[C@@H]1O. The molecule has 0 radical (unpaired) electrons. The molecule has 3 unspecified atom stereocenters.